The fourth-order valence-corrected chi connectivity index (χ4v) is 0.962. The van der Waals surface area contributed by atoms with E-state index in [0.29, 0.717) is 5.56 Å². The van der Waals surface area contributed by atoms with Crippen molar-refractivity contribution < 1.29 is 10.0 Å². The minimum Gasteiger partial charge on any atom is -0.392 e. The van der Waals surface area contributed by atoms with E-state index in [0.717, 1.165) is 6.07 Å². The SMILES string of the molecule is [N-]=[N+]=Nc1cc(CO)cc([N+](=O)[O-])c1. The van der Waals surface area contributed by atoms with Gasteiger partial charge in [-0.1, -0.05) is 5.11 Å². The van der Waals surface area contributed by atoms with Crippen LogP contribution in [0.25, 0.3) is 10.4 Å². The van der Waals surface area contributed by atoms with Gasteiger partial charge < -0.3 is 5.11 Å². The van der Waals surface area contributed by atoms with Crippen LogP contribution in [0.3, 0.4) is 0 Å². The summed E-state index contributed by atoms with van der Waals surface area (Å²) >= 11 is 0. The van der Waals surface area contributed by atoms with Crippen LogP contribution in [0.4, 0.5) is 11.4 Å². The zero-order chi connectivity index (χ0) is 10.6. The van der Waals surface area contributed by atoms with E-state index >= 15 is 0 Å². The van der Waals surface area contributed by atoms with Gasteiger partial charge in [0.25, 0.3) is 5.69 Å². The van der Waals surface area contributed by atoms with Crippen molar-refractivity contribution in [2.75, 3.05) is 0 Å². The van der Waals surface area contributed by atoms with Gasteiger partial charge in [0.2, 0.25) is 0 Å². The lowest BCUT2D eigenvalue weighted by atomic mass is 10.2. The number of hydrogen-bond acceptors (Lipinski definition) is 4. The summed E-state index contributed by atoms with van der Waals surface area (Å²) in [6.45, 7) is -0.338. The molecule has 0 amide bonds. The first-order valence-electron chi connectivity index (χ1n) is 3.61. The van der Waals surface area contributed by atoms with Gasteiger partial charge in [-0.25, -0.2) is 0 Å². The lowest BCUT2D eigenvalue weighted by Gasteiger charge is -1.98. The van der Waals surface area contributed by atoms with Gasteiger partial charge >= 0.3 is 0 Å². The Morgan fingerprint density at radius 1 is 1.57 bits per heavy atom. The van der Waals surface area contributed by atoms with E-state index in [-0.39, 0.29) is 18.0 Å². The first-order valence-corrected chi connectivity index (χ1v) is 3.61. The number of aliphatic hydroxyl groups is 1. The van der Waals surface area contributed by atoms with Gasteiger partial charge in [0.1, 0.15) is 0 Å². The second kappa shape index (κ2) is 4.22. The summed E-state index contributed by atoms with van der Waals surface area (Å²) in [5, 5.41) is 22.4. The summed E-state index contributed by atoms with van der Waals surface area (Å²) in [6, 6.07) is 3.74. The Balaban J connectivity index is 3.26. The molecule has 0 spiro atoms. The number of nitrogens with zero attached hydrogens (tertiary/aromatic N) is 4. The van der Waals surface area contributed by atoms with Crippen LogP contribution in [0, 0.1) is 10.1 Å². The van der Waals surface area contributed by atoms with Crippen LogP contribution < -0.4 is 0 Å². The zero-order valence-corrected chi connectivity index (χ0v) is 6.99. The molecule has 0 saturated heterocycles. The number of azide groups is 1. The van der Waals surface area contributed by atoms with Gasteiger partial charge in [0.05, 0.1) is 11.5 Å². The minimum absolute atomic E-state index is 0.116. The predicted molar refractivity (Wildman–Crippen MR) is 47.8 cm³/mol. The Morgan fingerprint density at radius 2 is 2.29 bits per heavy atom. The Morgan fingerprint density at radius 3 is 2.79 bits per heavy atom. The Hall–Kier alpha value is -2.11. The molecular weight excluding hydrogens is 188 g/mol. The van der Waals surface area contributed by atoms with Crippen LogP contribution in [0.15, 0.2) is 23.3 Å². The lowest BCUT2D eigenvalue weighted by molar-refractivity contribution is -0.384. The fourth-order valence-electron chi connectivity index (χ4n) is 0.962. The molecule has 0 atom stereocenters. The van der Waals surface area contributed by atoms with Crippen LogP contribution in [0.5, 0.6) is 0 Å². The monoisotopic (exact) mass is 194 g/mol. The number of non-ortho nitro benzene ring substituents is 1. The third-order valence-corrected chi connectivity index (χ3v) is 1.52. The molecule has 0 radical (unpaired) electrons. The molecule has 1 aromatic carbocycles. The fraction of sp³-hybridized carbons (Fsp3) is 0.143. The molecule has 14 heavy (non-hydrogen) atoms. The maximum absolute atomic E-state index is 10.4. The molecule has 7 heteroatoms. The van der Waals surface area contributed by atoms with Crippen LogP contribution in [0.1, 0.15) is 5.56 Å². The summed E-state index contributed by atoms with van der Waals surface area (Å²) in [7, 11) is 0. The number of hydrogen-bond donors (Lipinski definition) is 1. The summed E-state index contributed by atoms with van der Waals surface area (Å²) in [6.07, 6.45) is 0. The summed E-state index contributed by atoms with van der Waals surface area (Å²) < 4.78 is 0. The number of benzene rings is 1. The van der Waals surface area contributed by atoms with E-state index in [9.17, 15) is 10.1 Å². The average molecular weight is 194 g/mol. The highest BCUT2D eigenvalue weighted by molar-refractivity contribution is 5.50. The number of nitro benzene ring substituents is 1. The molecule has 0 aliphatic heterocycles. The van der Waals surface area contributed by atoms with E-state index < -0.39 is 4.92 Å². The molecule has 0 aromatic heterocycles. The van der Waals surface area contributed by atoms with Gasteiger partial charge in [0, 0.05) is 22.7 Å². The molecule has 0 saturated carbocycles. The highest BCUT2D eigenvalue weighted by Gasteiger charge is 2.08. The van der Waals surface area contributed by atoms with Crippen LogP contribution in [-0.4, -0.2) is 10.0 Å². The molecule has 0 heterocycles. The summed E-state index contributed by atoms with van der Waals surface area (Å²) in [5.74, 6) is 0. The van der Waals surface area contributed by atoms with Crippen molar-refractivity contribution in [2.45, 2.75) is 6.61 Å². The van der Waals surface area contributed by atoms with Gasteiger partial charge in [-0.2, -0.15) is 0 Å². The number of aliphatic hydroxyl groups excluding tert-OH is 1. The van der Waals surface area contributed by atoms with Crippen molar-refractivity contribution in [1.29, 1.82) is 0 Å². The van der Waals surface area contributed by atoms with Crippen LogP contribution >= 0.6 is 0 Å². The molecule has 7 nitrogen and oxygen atoms in total. The van der Waals surface area contributed by atoms with Gasteiger partial charge in [0.15, 0.2) is 0 Å². The van der Waals surface area contributed by atoms with Crippen molar-refractivity contribution in [3.05, 3.63) is 44.3 Å². The van der Waals surface area contributed by atoms with Gasteiger partial charge in [-0.15, -0.1) is 0 Å². The average Bonchev–Trinajstić information content (AvgIpc) is 2.17. The first-order chi connectivity index (χ1) is 6.67. The smallest absolute Gasteiger partial charge is 0.270 e. The van der Waals surface area contributed by atoms with Gasteiger partial charge in [-0.05, 0) is 17.2 Å². The van der Waals surface area contributed by atoms with Crippen LogP contribution in [-0.2, 0) is 6.61 Å². The second-order valence-electron chi connectivity index (χ2n) is 2.46. The van der Waals surface area contributed by atoms with Crippen molar-refractivity contribution >= 4 is 11.4 Å². The van der Waals surface area contributed by atoms with Crippen molar-refractivity contribution in [1.82, 2.24) is 0 Å². The second-order valence-corrected chi connectivity index (χ2v) is 2.46. The highest BCUT2D eigenvalue weighted by atomic mass is 16.6. The Kier molecular flexibility index (Phi) is 3.01. The maximum atomic E-state index is 10.4. The predicted octanol–water partition coefficient (Wildman–Crippen LogP) is 2.03. The molecule has 1 rings (SSSR count). The van der Waals surface area contributed by atoms with Gasteiger partial charge in [-0.3, -0.25) is 10.1 Å². The molecule has 0 fully saturated rings. The quantitative estimate of drug-likeness (QED) is 0.261. The molecule has 0 aliphatic carbocycles. The van der Waals surface area contributed by atoms with E-state index in [2.05, 4.69) is 10.0 Å². The maximum Gasteiger partial charge on any atom is 0.270 e. The summed E-state index contributed by atoms with van der Waals surface area (Å²) in [5.41, 5.74) is 8.38. The number of rotatable bonds is 3. The third kappa shape index (κ3) is 2.19. The van der Waals surface area contributed by atoms with Crippen LogP contribution in [0.2, 0.25) is 0 Å². The molecular formula is C7H6N4O3. The largest absolute Gasteiger partial charge is 0.392 e. The summed E-state index contributed by atoms with van der Waals surface area (Å²) in [4.78, 5) is 12.3. The molecule has 72 valence electrons. The molecule has 1 aromatic rings. The normalized spacial score (nSPS) is 9.21. The zero-order valence-electron chi connectivity index (χ0n) is 6.99. The van der Waals surface area contributed by atoms with Crippen molar-refractivity contribution in [2.24, 2.45) is 5.11 Å². The van der Waals surface area contributed by atoms with E-state index in [1.807, 2.05) is 0 Å². The first kappa shape index (κ1) is 9.97. The third-order valence-electron chi connectivity index (χ3n) is 1.52. The van der Waals surface area contributed by atoms with E-state index in [4.69, 9.17) is 10.6 Å². The molecule has 0 bridgehead atoms. The number of nitro groups is 1. The highest BCUT2D eigenvalue weighted by Crippen LogP contribution is 2.23. The van der Waals surface area contributed by atoms with Crippen molar-refractivity contribution in [3.8, 4) is 0 Å². The molecule has 1 N–H and O–H groups in total. The minimum atomic E-state index is -0.616. The lowest BCUT2D eigenvalue weighted by Crippen LogP contribution is -1.90. The topological polar surface area (TPSA) is 112 Å². The molecule has 0 unspecified atom stereocenters. The Bertz CT molecular complexity index is 391. The molecule has 0 aliphatic rings. The van der Waals surface area contributed by atoms with Crippen molar-refractivity contribution in [3.63, 3.8) is 0 Å². The van der Waals surface area contributed by atoms with E-state index in [1.54, 1.807) is 0 Å². The Labute approximate surface area is 78.4 Å². The van der Waals surface area contributed by atoms with E-state index in [1.165, 1.54) is 12.1 Å². The standard InChI is InChI=1S/C7H6N4O3/c8-10-9-6-1-5(4-12)2-7(3-6)11(13)14/h1-3,12H,4H2.